The molecule has 0 unspecified atom stereocenters. The van der Waals surface area contributed by atoms with Crippen molar-refractivity contribution in [3.8, 4) is 34.3 Å². The molecule has 0 amide bonds. The third-order valence-electron chi connectivity index (χ3n) is 10.2. The first kappa shape index (κ1) is 33.7. The molecule has 266 valence electrons. The molecule has 0 spiro atoms. The molecule has 0 N–H and O–H groups in total. The molecule has 55 heavy (non-hydrogen) atoms. The number of para-hydroxylation sites is 8. The predicted molar refractivity (Wildman–Crippen MR) is 227 cm³/mol. The van der Waals surface area contributed by atoms with Crippen molar-refractivity contribution in [3.05, 3.63) is 180 Å². The van der Waals surface area contributed by atoms with Crippen LogP contribution < -0.4 is 4.90 Å². The fourth-order valence-corrected chi connectivity index (χ4v) is 7.47. The lowest BCUT2D eigenvalue weighted by molar-refractivity contribution is 1.06. The largest absolute Gasteiger partial charge is 0.344 e. The summed E-state index contributed by atoms with van der Waals surface area (Å²) >= 11 is 0. The van der Waals surface area contributed by atoms with Gasteiger partial charge < -0.3 is 4.90 Å². The van der Waals surface area contributed by atoms with Crippen LogP contribution in [-0.2, 0) is 0 Å². The zero-order valence-corrected chi connectivity index (χ0v) is 31.2. The first-order valence-electron chi connectivity index (χ1n) is 18.5. The third kappa shape index (κ3) is 6.15. The maximum Gasteiger partial charge on any atom is 0.164 e. The van der Waals surface area contributed by atoms with E-state index in [-0.39, 0.29) is 0 Å². The molecular weight excluding hydrogens is 675 g/mol. The van der Waals surface area contributed by atoms with E-state index in [0.717, 1.165) is 78.7 Å². The maximum atomic E-state index is 5.26. The SMILES string of the molecule is Cc1ccccc1N(C)c1ccccc1/C=N/c1cc(-c2nc3ccccc3n2-c2ccccc2C)cc(-c2nc3ccccc3n2-c2ccccc2C)n1. The zero-order chi connectivity index (χ0) is 37.5. The number of rotatable bonds is 8. The number of aryl methyl sites for hydroxylation is 3. The van der Waals surface area contributed by atoms with Crippen molar-refractivity contribution in [1.82, 2.24) is 24.1 Å². The minimum absolute atomic E-state index is 0.549. The van der Waals surface area contributed by atoms with Crippen LogP contribution in [0.1, 0.15) is 22.3 Å². The lowest BCUT2D eigenvalue weighted by atomic mass is 10.1. The van der Waals surface area contributed by atoms with Crippen LogP contribution in [0.15, 0.2) is 163 Å². The second-order valence-corrected chi connectivity index (χ2v) is 13.9. The van der Waals surface area contributed by atoms with Crippen molar-refractivity contribution >= 4 is 45.5 Å². The van der Waals surface area contributed by atoms with Gasteiger partial charge in [-0.1, -0.05) is 97.1 Å². The van der Waals surface area contributed by atoms with Crippen molar-refractivity contribution in [2.75, 3.05) is 11.9 Å². The van der Waals surface area contributed by atoms with Gasteiger partial charge in [-0.15, -0.1) is 0 Å². The van der Waals surface area contributed by atoms with Crippen molar-refractivity contribution in [3.63, 3.8) is 0 Å². The number of aromatic nitrogens is 5. The standard InChI is InChI=1S/C48H39N7/c1-32-17-5-11-23-40(32)53(4)43-26-14-8-20-35(43)31-49-46-30-36(47-51-37-21-9-15-27-44(37)54(47)41-24-12-6-18-33(41)2)29-39(50-46)48-52-38-22-10-16-28-45(38)55(48)42-25-13-7-19-34(42)3/h5-31H,1-4H3/b49-31+. The zero-order valence-electron chi connectivity index (χ0n) is 31.2. The second kappa shape index (κ2) is 14.0. The second-order valence-electron chi connectivity index (χ2n) is 13.9. The number of fused-ring (bicyclic) bond motifs is 2. The summed E-state index contributed by atoms with van der Waals surface area (Å²) in [5, 5.41) is 0. The van der Waals surface area contributed by atoms with Crippen molar-refractivity contribution in [2.45, 2.75) is 20.8 Å². The van der Waals surface area contributed by atoms with Gasteiger partial charge in [0.25, 0.3) is 0 Å². The lowest BCUT2D eigenvalue weighted by Crippen LogP contribution is -2.12. The highest BCUT2D eigenvalue weighted by Crippen LogP contribution is 2.36. The minimum Gasteiger partial charge on any atom is -0.344 e. The Morgan fingerprint density at radius 1 is 0.509 bits per heavy atom. The quantitative estimate of drug-likeness (QED) is 0.147. The number of hydrogen-bond donors (Lipinski definition) is 0. The number of benzene rings is 6. The van der Waals surface area contributed by atoms with Crippen LogP contribution in [0, 0.1) is 20.8 Å². The van der Waals surface area contributed by atoms with Gasteiger partial charge in [0.05, 0.1) is 33.4 Å². The average molecular weight is 714 g/mol. The molecule has 0 bridgehead atoms. The maximum absolute atomic E-state index is 5.26. The molecule has 0 atom stereocenters. The molecular formula is C48H39N7. The van der Waals surface area contributed by atoms with Crippen LogP contribution in [0.2, 0.25) is 0 Å². The number of hydrogen-bond acceptors (Lipinski definition) is 5. The molecule has 0 fully saturated rings. The van der Waals surface area contributed by atoms with Gasteiger partial charge in [0, 0.05) is 35.8 Å². The molecule has 9 aromatic rings. The number of anilines is 2. The Labute approximate surface area is 320 Å². The Morgan fingerprint density at radius 3 is 1.65 bits per heavy atom. The normalized spacial score (nSPS) is 11.6. The van der Waals surface area contributed by atoms with Crippen LogP contribution in [0.5, 0.6) is 0 Å². The predicted octanol–water partition coefficient (Wildman–Crippen LogP) is 11.5. The summed E-state index contributed by atoms with van der Waals surface area (Å²) in [5.41, 5.74) is 14.1. The van der Waals surface area contributed by atoms with E-state index in [9.17, 15) is 0 Å². The summed E-state index contributed by atoms with van der Waals surface area (Å²) in [6, 6.07) is 54.2. The van der Waals surface area contributed by atoms with E-state index >= 15 is 0 Å². The van der Waals surface area contributed by atoms with Crippen LogP contribution in [-0.4, -0.2) is 37.3 Å². The average Bonchev–Trinajstić information content (AvgIpc) is 3.80. The number of imidazole rings is 2. The van der Waals surface area contributed by atoms with E-state index in [0.29, 0.717) is 11.5 Å². The fourth-order valence-electron chi connectivity index (χ4n) is 7.47. The summed E-state index contributed by atoms with van der Waals surface area (Å²) in [4.78, 5) is 23.1. The van der Waals surface area contributed by atoms with E-state index in [1.54, 1.807) is 0 Å². The molecule has 6 aromatic carbocycles. The molecule has 0 aliphatic heterocycles. The van der Waals surface area contributed by atoms with Gasteiger partial charge in [-0.3, -0.25) is 9.13 Å². The Bertz CT molecular complexity index is 2750. The molecule has 0 saturated carbocycles. The van der Waals surface area contributed by atoms with Crippen molar-refractivity contribution < 1.29 is 0 Å². The van der Waals surface area contributed by atoms with E-state index in [2.05, 4.69) is 175 Å². The molecule has 0 radical (unpaired) electrons. The summed E-state index contributed by atoms with van der Waals surface area (Å²) in [5.74, 6) is 2.08. The summed E-state index contributed by atoms with van der Waals surface area (Å²) in [7, 11) is 2.10. The van der Waals surface area contributed by atoms with E-state index < -0.39 is 0 Å². The van der Waals surface area contributed by atoms with Gasteiger partial charge in [-0.05, 0) is 98.1 Å². The van der Waals surface area contributed by atoms with Gasteiger partial charge >= 0.3 is 0 Å². The molecule has 7 heteroatoms. The molecule has 3 aromatic heterocycles. The smallest absolute Gasteiger partial charge is 0.164 e. The molecule has 7 nitrogen and oxygen atoms in total. The van der Waals surface area contributed by atoms with Crippen LogP contribution in [0.3, 0.4) is 0 Å². The van der Waals surface area contributed by atoms with E-state index in [1.807, 2.05) is 30.5 Å². The highest BCUT2D eigenvalue weighted by atomic mass is 15.1. The van der Waals surface area contributed by atoms with Crippen molar-refractivity contribution in [1.29, 1.82) is 0 Å². The Morgan fingerprint density at radius 2 is 1.02 bits per heavy atom. The summed E-state index contributed by atoms with van der Waals surface area (Å²) < 4.78 is 4.45. The van der Waals surface area contributed by atoms with E-state index in [1.165, 1.54) is 5.56 Å². The molecule has 0 aliphatic carbocycles. The number of aliphatic imine (C=N–C) groups is 1. The first-order valence-corrected chi connectivity index (χ1v) is 18.5. The minimum atomic E-state index is 0.549. The number of pyridine rings is 1. The van der Waals surface area contributed by atoms with Gasteiger partial charge in [0.2, 0.25) is 0 Å². The highest BCUT2D eigenvalue weighted by Gasteiger charge is 2.21. The Hall–Kier alpha value is -7.12. The number of nitrogens with zero attached hydrogens (tertiary/aromatic N) is 7. The molecule has 0 aliphatic rings. The van der Waals surface area contributed by atoms with Crippen LogP contribution >= 0.6 is 0 Å². The van der Waals surface area contributed by atoms with Gasteiger partial charge in [-0.2, -0.15) is 0 Å². The molecule has 3 heterocycles. The van der Waals surface area contributed by atoms with Gasteiger partial charge in [0.15, 0.2) is 11.6 Å². The van der Waals surface area contributed by atoms with Crippen LogP contribution in [0.4, 0.5) is 17.2 Å². The summed E-state index contributed by atoms with van der Waals surface area (Å²) in [6.07, 6.45) is 1.91. The van der Waals surface area contributed by atoms with E-state index in [4.69, 9.17) is 19.9 Å². The third-order valence-corrected chi connectivity index (χ3v) is 10.2. The lowest BCUT2D eigenvalue weighted by Gasteiger charge is -2.23. The molecule has 0 saturated heterocycles. The Kier molecular flexibility index (Phi) is 8.59. The summed E-state index contributed by atoms with van der Waals surface area (Å²) in [6.45, 7) is 6.40. The van der Waals surface area contributed by atoms with Crippen LogP contribution in [0.25, 0.3) is 56.3 Å². The topological polar surface area (TPSA) is 64.1 Å². The molecule has 9 rings (SSSR count). The van der Waals surface area contributed by atoms with Gasteiger partial charge in [-0.25, -0.2) is 19.9 Å². The first-order chi connectivity index (χ1) is 26.9. The van der Waals surface area contributed by atoms with Gasteiger partial charge in [0.1, 0.15) is 11.5 Å². The fraction of sp³-hybridized carbons (Fsp3) is 0.0833. The highest BCUT2D eigenvalue weighted by molar-refractivity contribution is 5.92. The Balaban J connectivity index is 1.28. The monoisotopic (exact) mass is 713 g/mol. The van der Waals surface area contributed by atoms with Crippen molar-refractivity contribution in [2.24, 2.45) is 4.99 Å².